The van der Waals surface area contributed by atoms with E-state index >= 15 is 0 Å². The number of hydrogen-bond acceptors (Lipinski definition) is 5. The van der Waals surface area contributed by atoms with E-state index in [1.807, 2.05) is 30.3 Å². The molecule has 2 aromatic rings. The van der Waals surface area contributed by atoms with Crippen LogP contribution in [0.4, 0.5) is 5.69 Å². The Morgan fingerprint density at radius 1 is 1.25 bits per heavy atom. The highest BCUT2D eigenvalue weighted by Gasteiger charge is 2.34. The summed E-state index contributed by atoms with van der Waals surface area (Å²) in [7, 11) is -1.78. The first kappa shape index (κ1) is 19.9. The van der Waals surface area contributed by atoms with Gasteiger partial charge in [0, 0.05) is 24.1 Å². The maximum absolute atomic E-state index is 12.5. The molecule has 1 N–H and O–H groups in total. The topological polar surface area (TPSA) is 88.1 Å². The van der Waals surface area contributed by atoms with Crippen molar-refractivity contribution in [3.05, 3.63) is 59.7 Å². The third-order valence-corrected chi connectivity index (χ3v) is 5.07. The van der Waals surface area contributed by atoms with Gasteiger partial charge in [0.1, 0.15) is 5.75 Å². The van der Waals surface area contributed by atoms with Gasteiger partial charge in [0.25, 0.3) is 0 Å². The van der Waals surface area contributed by atoms with Crippen molar-refractivity contribution >= 4 is 27.3 Å². The smallest absolute Gasteiger partial charge is 0.242 e. The van der Waals surface area contributed by atoms with E-state index in [0.717, 1.165) is 23.1 Å². The molecule has 1 aliphatic rings. The average Bonchev–Trinajstić information content (AvgIpc) is 3.11. The zero-order valence-electron chi connectivity index (χ0n) is 16.0. The van der Waals surface area contributed by atoms with Gasteiger partial charge < -0.3 is 4.74 Å². The van der Waals surface area contributed by atoms with Gasteiger partial charge in [-0.1, -0.05) is 37.3 Å². The van der Waals surface area contributed by atoms with Gasteiger partial charge in [-0.25, -0.2) is 13.4 Å². The van der Waals surface area contributed by atoms with Gasteiger partial charge in [0.05, 0.1) is 25.1 Å². The molecule has 28 heavy (non-hydrogen) atoms. The van der Waals surface area contributed by atoms with Crippen LogP contribution in [0, 0.1) is 0 Å². The molecule has 0 bridgehead atoms. The number of anilines is 1. The minimum atomic E-state index is -3.38. The zero-order chi connectivity index (χ0) is 20.3. The summed E-state index contributed by atoms with van der Waals surface area (Å²) in [5.74, 6) is 0.613. The Morgan fingerprint density at radius 3 is 2.68 bits per heavy atom. The minimum absolute atomic E-state index is 0.0867. The van der Waals surface area contributed by atoms with Crippen LogP contribution in [-0.2, 0) is 14.8 Å². The molecule has 1 amide bonds. The van der Waals surface area contributed by atoms with Crippen LogP contribution in [0.1, 0.15) is 36.9 Å². The number of ether oxygens (including phenoxy) is 1. The maximum atomic E-state index is 12.5. The van der Waals surface area contributed by atoms with E-state index in [-0.39, 0.29) is 11.9 Å². The third-order valence-electron chi connectivity index (χ3n) is 4.47. The number of nitrogens with zero attached hydrogens (tertiary/aromatic N) is 2. The van der Waals surface area contributed by atoms with Crippen molar-refractivity contribution in [2.45, 2.75) is 25.8 Å². The Balaban J connectivity index is 1.97. The first-order valence-electron chi connectivity index (χ1n) is 8.93. The number of hydrazone groups is 1. The van der Waals surface area contributed by atoms with Crippen LogP contribution in [0.15, 0.2) is 53.6 Å². The Morgan fingerprint density at radius 2 is 2.00 bits per heavy atom. The van der Waals surface area contributed by atoms with Crippen molar-refractivity contribution in [2.24, 2.45) is 5.10 Å². The third kappa shape index (κ3) is 4.33. The molecule has 1 aliphatic heterocycles. The number of amides is 1. The van der Waals surface area contributed by atoms with Gasteiger partial charge in [-0.05, 0) is 23.8 Å². The van der Waals surface area contributed by atoms with Crippen molar-refractivity contribution in [2.75, 3.05) is 18.1 Å². The monoisotopic (exact) mass is 401 g/mol. The molecule has 1 unspecified atom stereocenters. The minimum Gasteiger partial charge on any atom is -0.496 e. The summed E-state index contributed by atoms with van der Waals surface area (Å²) >= 11 is 0. The molecule has 0 fully saturated rings. The summed E-state index contributed by atoms with van der Waals surface area (Å²) in [4.78, 5) is 12.5. The van der Waals surface area contributed by atoms with Crippen LogP contribution >= 0.6 is 0 Å². The first-order chi connectivity index (χ1) is 13.3. The highest BCUT2D eigenvalue weighted by Crippen LogP contribution is 2.37. The summed E-state index contributed by atoms with van der Waals surface area (Å²) in [6.45, 7) is 1.80. The molecule has 1 heterocycles. The van der Waals surface area contributed by atoms with E-state index in [4.69, 9.17) is 4.74 Å². The van der Waals surface area contributed by atoms with Crippen molar-refractivity contribution in [1.29, 1.82) is 0 Å². The molecule has 0 radical (unpaired) electrons. The summed E-state index contributed by atoms with van der Waals surface area (Å²) in [6.07, 6.45) is 1.94. The van der Waals surface area contributed by atoms with Gasteiger partial charge in [-0.2, -0.15) is 5.10 Å². The molecule has 3 rings (SSSR count). The molecule has 2 aromatic carbocycles. The van der Waals surface area contributed by atoms with Crippen LogP contribution in [0.5, 0.6) is 5.75 Å². The van der Waals surface area contributed by atoms with Crippen LogP contribution in [-0.4, -0.2) is 38.4 Å². The summed E-state index contributed by atoms with van der Waals surface area (Å²) < 4.78 is 31.0. The predicted molar refractivity (Wildman–Crippen MR) is 109 cm³/mol. The lowest BCUT2D eigenvalue weighted by Crippen LogP contribution is -2.26. The lowest BCUT2D eigenvalue weighted by molar-refractivity contribution is -0.132. The number of rotatable bonds is 6. The number of methoxy groups -OCH3 is 1. The van der Waals surface area contributed by atoms with Crippen molar-refractivity contribution in [1.82, 2.24) is 5.01 Å². The van der Waals surface area contributed by atoms with E-state index in [1.54, 1.807) is 32.2 Å². The Hall–Kier alpha value is -2.87. The molecule has 1 atom stereocenters. The van der Waals surface area contributed by atoms with Crippen LogP contribution in [0.25, 0.3) is 0 Å². The average molecular weight is 401 g/mol. The highest BCUT2D eigenvalue weighted by atomic mass is 32.2. The summed E-state index contributed by atoms with van der Waals surface area (Å²) in [5.41, 5.74) is 2.82. The fraction of sp³-hybridized carbons (Fsp3) is 0.300. The Kier molecular flexibility index (Phi) is 5.69. The quantitative estimate of drug-likeness (QED) is 0.805. The van der Waals surface area contributed by atoms with Crippen molar-refractivity contribution in [3.63, 3.8) is 0 Å². The second-order valence-corrected chi connectivity index (χ2v) is 8.30. The molecule has 0 spiro atoms. The molecule has 148 valence electrons. The number of carbonyl (C=O) groups is 1. The van der Waals surface area contributed by atoms with Gasteiger partial charge >= 0.3 is 0 Å². The molecule has 7 nitrogen and oxygen atoms in total. The van der Waals surface area contributed by atoms with Crippen LogP contribution in [0.3, 0.4) is 0 Å². The second-order valence-electron chi connectivity index (χ2n) is 6.56. The van der Waals surface area contributed by atoms with Crippen molar-refractivity contribution in [3.8, 4) is 5.75 Å². The Bertz CT molecular complexity index is 1020. The lowest BCUT2D eigenvalue weighted by Gasteiger charge is -2.23. The lowest BCUT2D eigenvalue weighted by atomic mass is 9.97. The zero-order valence-corrected chi connectivity index (χ0v) is 16.9. The number of benzene rings is 2. The number of nitrogens with one attached hydrogen (secondary N) is 1. The summed E-state index contributed by atoms with van der Waals surface area (Å²) in [6, 6.07) is 14.3. The summed E-state index contributed by atoms with van der Waals surface area (Å²) in [5, 5.41) is 6.07. The maximum Gasteiger partial charge on any atom is 0.242 e. The van der Waals surface area contributed by atoms with Crippen molar-refractivity contribution < 1.29 is 17.9 Å². The van der Waals surface area contributed by atoms with E-state index < -0.39 is 10.0 Å². The molecular weight excluding hydrogens is 378 g/mol. The van der Waals surface area contributed by atoms with Gasteiger partial charge in [0.15, 0.2) is 0 Å². The van der Waals surface area contributed by atoms with E-state index in [1.165, 1.54) is 5.01 Å². The molecule has 8 heteroatoms. The molecule has 0 aromatic heterocycles. The largest absolute Gasteiger partial charge is 0.496 e. The fourth-order valence-electron chi connectivity index (χ4n) is 3.24. The molecule has 0 saturated carbocycles. The number of para-hydroxylation sites is 1. The SMILES string of the molecule is CCC(=O)N1N=C(c2cccc(NS(C)(=O)=O)c2)CC1c1ccccc1OC. The molecule has 0 aliphatic carbocycles. The predicted octanol–water partition coefficient (Wildman–Crippen LogP) is 3.15. The van der Waals surface area contributed by atoms with Gasteiger partial charge in [-0.3, -0.25) is 9.52 Å². The first-order valence-corrected chi connectivity index (χ1v) is 10.8. The Labute approximate surface area is 165 Å². The van der Waals surface area contributed by atoms with E-state index in [9.17, 15) is 13.2 Å². The number of hydrogen-bond donors (Lipinski definition) is 1. The second kappa shape index (κ2) is 8.02. The van der Waals surface area contributed by atoms with Crippen LogP contribution in [0.2, 0.25) is 0 Å². The van der Waals surface area contributed by atoms with E-state index in [0.29, 0.717) is 24.3 Å². The molecular formula is C20H23N3O4S. The highest BCUT2D eigenvalue weighted by molar-refractivity contribution is 7.92. The molecule has 0 saturated heterocycles. The van der Waals surface area contributed by atoms with E-state index in [2.05, 4.69) is 9.82 Å². The number of carbonyl (C=O) groups excluding carboxylic acids is 1. The van der Waals surface area contributed by atoms with Gasteiger partial charge in [0.2, 0.25) is 15.9 Å². The fourth-order valence-corrected chi connectivity index (χ4v) is 3.79. The van der Waals surface area contributed by atoms with Gasteiger partial charge in [-0.15, -0.1) is 0 Å². The van der Waals surface area contributed by atoms with Crippen LogP contribution < -0.4 is 9.46 Å². The normalized spacial score (nSPS) is 16.6. The number of sulfonamides is 1. The standard InChI is InChI=1S/C20H23N3O4S/c1-4-20(24)23-18(16-10-5-6-11-19(16)27-2)13-17(21-23)14-8-7-9-15(12-14)22-28(3,25)26/h5-12,18,22H,4,13H2,1-3H3.